The molecule has 15 heavy (non-hydrogen) atoms. The van der Waals surface area contributed by atoms with E-state index in [1.807, 2.05) is 13.8 Å². The van der Waals surface area contributed by atoms with Crippen LogP contribution in [0.3, 0.4) is 0 Å². The van der Waals surface area contributed by atoms with E-state index in [0.717, 1.165) is 5.82 Å². The molecular weight excluding hydrogens is 212 g/mol. The Bertz CT molecular complexity index is 325. The summed E-state index contributed by atoms with van der Waals surface area (Å²) in [5, 5.41) is 13.3. The van der Waals surface area contributed by atoms with Gasteiger partial charge in [0.05, 0.1) is 11.9 Å². The smallest absolute Gasteiger partial charge is 0.239 e. The van der Waals surface area contributed by atoms with Crippen molar-refractivity contribution < 1.29 is 9.63 Å². The molecule has 1 N–H and O–H groups in total. The largest absolute Gasteiger partial charge is 0.395 e. The van der Waals surface area contributed by atoms with Crippen molar-refractivity contribution in [2.24, 2.45) is 0 Å². The van der Waals surface area contributed by atoms with Gasteiger partial charge >= 0.3 is 0 Å². The summed E-state index contributed by atoms with van der Waals surface area (Å²) < 4.78 is 5.21. The van der Waals surface area contributed by atoms with Crippen LogP contribution in [0, 0.1) is 0 Å². The maximum atomic E-state index is 8.95. The highest BCUT2D eigenvalue weighted by atomic mass is 32.2. The normalized spacial score (nSPS) is 20.2. The Hall–Kier alpha value is -0.550. The molecule has 0 amide bonds. The fraction of sp³-hybridized carbons (Fsp3) is 0.800. The van der Waals surface area contributed by atoms with E-state index in [4.69, 9.17) is 9.63 Å². The molecule has 0 aromatic carbocycles. The number of aliphatic hydroxyl groups excluding tert-OH is 1. The monoisotopic (exact) mass is 228 g/mol. The number of aliphatic hydroxyl groups is 1. The molecule has 5 heteroatoms. The van der Waals surface area contributed by atoms with Gasteiger partial charge in [0.25, 0.3) is 0 Å². The number of thioether (sulfide) groups is 1. The second-order valence-corrected chi connectivity index (χ2v) is 5.82. The summed E-state index contributed by atoms with van der Waals surface area (Å²) in [6.07, 6.45) is 2.38. The van der Waals surface area contributed by atoms with Crippen molar-refractivity contribution in [3.63, 3.8) is 0 Å². The first-order chi connectivity index (χ1) is 7.20. The summed E-state index contributed by atoms with van der Waals surface area (Å²) in [5.74, 6) is 2.08. The van der Waals surface area contributed by atoms with E-state index in [1.165, 1.54) is 12.8 Å². The van der Waals surface area contributed by atoms with Gasteiger partial charge in [-0.15, -0.1) is 11.8 Å². The third kappa shape index (κ3) is 2.72. The highest BCUT2D eigenvalue weighted by Crippen LogP contribution is 2.39. The zero-order valence-electron chi connectivity index (χ0n) is 9.01. The molecule has 0 saturated heterocycles. The van der Waals surface area contributed by atoms with E-state index in [1.54, 1.807) is 11.8 Å². The van der Waals surface area contributed by atoms with Crippen molar-refractivity contribution in [2.45, 2.75) is 43.1 Å². The first-order valence-corrected chi connectivity index (χ1v) is 6.24. The number of hydrogen-bond acceptors (Lipinski definition) is 5. The van der Waals surface area contributed by atoms with E-state index in [0.29, 0.717) is 11.8 Å². The van der Waals surface area contributed by atoms with Gasteiger partial charge in [0.1, 0.15) is 0 Å². The van der Waals surface area contributed by atoms with Gasteiger partial charge in [-0.1, -0.05) is 12.1 Å². The third-order valence-corrected chi connectivity index (χ3v) is 3.66. The van der Waals surface area contributed by atoms with Crippen LogP contribution in [0.2, 0.25) is 0 Å². The third-order valence-electron chi connectivity index (χ3n) is 2.44. The van der Waals surface area contributed by atoms with Crippen LogP contribution in [-0.2, 0) is 0 Å². The summed E-state index contributed by atoms with van der Waals surface area (Å²) in [6, 6.07) is 0. The lowest BCUT2D eigenvalue weighted by molar-refractivity contribution is 0.299. The Morgan fingerprint density at radius 2 is 2.27 bits per heavy atom. The molecule has 0 spiro atoms. The quantitative estimate of drug-likeness (QED) is 0.836. The molecule has 2 rings (SSSR count). The first-order valence-electron chi connectivity index (χ1n) is 5.30. The highest BCUT2D eigenvalue weighted by Gasteiger charge is 2.29. The molecule has 1 aromatic rings. The highest BCUT2D eigenvalue weighted by molar-refractivity contribution is 8.00. The Morgan fingerprint density at radius 1 is 1.53 bits per heavy atom. The number of aromatic nitrogens is 2. The minimum absolute atomic E-state index is 0.159. The van der Waals surface area contributed by atoms with E-state index in [-0.39, 0.29) is 17.1 Å². The molecule has 1 saturated carbocycles. The van der Waals surface area contributed by atoms with Crippen molar-refractivity contribution in [3.05, 3.63) is 11.7 Å². The van der Waals surface area contributed by atoms with Gasteiger partial charge in [-0.3, -0.25) is 0 Å². The fourth-order valence-corrected chi connectivity index (χ4v) is 2.36. The molecule has 0 bridgehead atoms. The second kappa shape index (κ2) is 4.53. The lowest BCUT2D eigenvalue weighted by atomic mass is 10.4. The van der Waals surface area contributed by atoms with Gasteiger partial charge in [0, 0.05) is 11.2 Å². The molecule has 2 atom stereocenters. The van der Waals surface area contributed by atoms with Gasteiger partial charge in [-0.05, 0) is 19.8 Å². The second-order valence-electron chi connectivity index (χ2n) is 4.04. The molecule has 4 nitrogen and oxygen atoms in total. The topological polar surface area (TPSA) is 59.2 Å². The van der Waals surface area contributed by atoms with E-state index < -0.39 is 0 Å². The summed E-state index contributed by atoms with van der Waals surface area (Å²) in [5.41, 5.74) is 0. The average molecular weight is 228 g/mol. The van der Waals surface area contributed by atoms with Gasteiger partial charge in [0.15, 0.2) is 5.82 Å². The van der Waals surface area contributed by atoms with Crippen molar-refractivity contribution in [1.82, 2.24) is 10.1 Å². The molecular formula is C10H16N2O2S. The summed E-state index contributed by atoms with van der Waals surface area (Å²) >= 11 is 1.65. The van der Waals surface area contributed by atoms with Crippen molar-refractivity contribution in [3.8, 4) is 0 Å². The van der Waals surface area contributed by atoms with Crippen LogP contribution in [0.25, 0.3) is 0 Å². The van der Waals surface area contributed by atoms with Crippen LogP contribution in [0.4, 0.5) is 0 Å². The van der Waals surface area contributed by atoms with Crippen molar-refractivity contribution in [2.75, 3.05) is 6.61 Å². The fourth-order valence-electron chi connectivity index (χ4n) is 1.37. The van der Waals surface area contributed by atoms with Crippen LogP contribution >= 0.6 is 11.8 Å². The maximum Gasteiger partial charge on any atom is 0.239 e. The molecule has 1 heterocycles. The number of rotatable bonds is 5. The van der Waals surface area contributed by atoms with Crippen LogP contribution in [0.15, 0.2) is 4.52 Å². The predicted octanol–water partition coefficient (Wildman–Crippen LogP) is 2.12. The van der Waals surface area contributed by atoms with E-state index in [9.17, 15) is 0 Å². The zero-order valence-corrected chi connectivity index (χ0v) is 9.83. The Morgan fingerprint density at radius 3 is 2.87 bits per heavy atom. The van der Waals surface area contributed by atoms with Gasteiger partial charge < -0.3 is 9.63 Å². The molecule has 1 aliphatic carbocycles. The molecule has 1 aliphatic rings. The van der Waals surface area contributed by atoms with Crippen LogP contribution in [0.1, 0.15) is 49.6 Å². The van der Waals surface area contributed by atoms with Gasteiger partial charge in [-0.2, -0.15) is 4.98 Å². The first kappa shape index (κ1) is 11.0. The summed E-state index contributed by atoms with van der Waals surface area (Å²) in [7, 11) is 0. The minimum atomic E-state index is 0.159. The standard InChI is InChI=1S/C10H16N2O2S/c1-6(5-13)15-7(2)10-11-9(12-14-10)8-3-4-8/h6-8,13H,3-5H2,1-2H3/t6-,7-/m0/s1. The predicted molar refractivity (Wildman–Crippen MR) is 58.8 cm³/mol. The zero-order chi connectivity index (χ0) is 10.8. The van der Waals surface area contributed by atoms with Crippen molar-refractivity contribution >= 4 is 11.8 Å². The minimum Gasteiger partial charge on any atom is -0.395 e. The molecule has 0 aliphatic heterocycles. The molecule has 1 fully saturated rings. The molecule has 1 aromatic heterocycles. The van der Waals surface area contributed by atoms with Gasteiger partial charge in [-0.25, -0.2) is 0 Å². The summed E-state index contributed by atoms with van der Waals surface area (Å²) in [4.78, 5) is 4.38. The van der Waals surface area contributed by atoms with Crippen molar-refractivity contribution in [1.29, 1.82) is 0 Å². The van der Waals surface area contributed by atoms with E-state index in [2.05, 4.69) is 10.1 Å². The van der Waals surface area contributed by atoms with Crippen LogP contribution in [-0.4, -0.2) is 27.1 Å². The molecule has 84 valence electrons. The Kier molecular flexibility index (Phi) is 3.31. The lowest BCUT2D eigenvalue weighted by Crippen LogP contribution is -2.05. The Labute approximate surface area is 93.4 Å². The molecule has 0 unspecified atom stereocenters. The van der Waals surface area contributed by atoms with Crippen LogP contribution in [0.5, 0.6) is 0 Å². The summed E-state index contributed by atoms with van der Waals surface area (Å²) in [6.45, 7) is 4.19. The van der Waals surface area contributed by atoms with Gasteiger partial charge in [0.2, 0.25) is 5.89 Å². The average Bonchev–Trinajstić information content (AvgIpc) is 2.96. The lowest BCUT2D eigenvalue weighted by Gasteiger charge is -2.10. The van der Waals surface area contributed by atoms with E-state index >= 15 is 0 Å². The number of hydrogen-bond donors (Lipinski definition) is 1. The SMILES string of the molecule is C[C@H](S[C@@H](C)CO)c1nc(C2CC2)no1. The maximum absolute atomic E-state index is 8.95. The van der Waals surface area contributed by atoms with Crippen LogP contribution < -0.4 is 0 Å². The number of nitrogens with zero attached hydrogens (tertiary/aromatic N) is 2. The molecule has 0 radical (unpaired) electrons. The Balaban J connectivity index is 1.95.